The predicted octanol–water partition coefficient (Wildman–Crippen LogP) is 6.66. The van der Waals surface area contributed by atoms with Crippen molar-refractivity contribution in [2.45, 2.75) is 57.0 Å². The molecule has 2 aliphatic rings. The molecule has 3 aromatic carbocycles. The summed E-state index contributed by atoms with van der Waals surface area (Å²) in [4.78, 5) is 13.8. The van der Waals surface area contributed by atoms with Crippen molar-refractivity contribution in [3.05, 3.63) is 77.4 Å². The molecule has 6 rings (SSSR count). The zero-order valence-corrected chi connectivity index (χ0v) is 25.1. The summed E-state index contributed by atoms with van der Waals surface area (Å²) in [5.41, 5.74) is 13.2. The molecule has 1 atom stereocenters. The van der Waals surface area contributed by atoms with Crippen LogP contribution in [0.25, 0.3) is 22.2 Å². The van der Waals surface area contributed by atoms with Crippen molar-refractivity contribution in [3.63, 3.8) is 0 Å². The average Bonchev–Trinajstić information content (AvgIpc) is 3.25. The quantitative estimate of drug-likeness (QED) is 0.0783. The van der Waals surface area contributed by atoms with E-state index in [2.05, 4.69) is 27.2 Å². The van der Waals surface area contributed by atoms with E-state index in [1.807, 2.05) is 24.3 Å². The smallest absolute Gasteiger partial charge is 0.251 e. The summed E-state index contributed by atoms with van der Waals surface area (Å²) in [5.74, 6) is 1.80. The lowest BCUT2D eigenvalue weighted by atomic mass is 9.81. The molecule has 0 unspecified atom stereocenters. The maximum Gasteiger partial charge on any atom is 0.251 e. The monoisotopic (exact) mass is 594 g/mol. The zero-order chi connectivity index (χ0) is 30.8. The Balaban J connectivity index is 1.41. The number of hydrogen-bond donors (Lipinski definition) is 4. The summed E-state index contributed by atoms with van der Waals surface area (Å²) in [6.45, 7) is 1.14. The number of aromatic hydroxyl groups is 1. The molecule has 10 nitrogen and oxygen atoms in total. The molecule has 0 spiro atoms. The number of amides is 1. The zero-order valence-electron chi connectivity index (χ0n) is 25.1. The Bertz CT molecular complexity index is 1710. The van der Waals surface area contributed by atoms with Gasteiger partial charge in [-0.25, -0.2) is 5.01 Å². The fourth-order valence-corrected chi connectivity index (χ4v) is 6.64. The highest BCUT2D eigenvalue weighted by molar-refractivity contribution is 6.03. The van der Waals surface area contributed by atoms with E-state index in [0.717, 1.165) is 57.1 Å². The Kier molecular flexibility index (Phi) is 8.23. The van der Waals surface area contributed by atoms with E-state index in [1.165, 1.54) is 31.9 Å². The SMILES string of the molecule is COc1ccc2c(c1)OCCn1c-2c(C2CCCCC2)c2ccc(C(=O)N[C@@H](Cc3ccc(O)cc3)C(=N)N(C)N=N)cc21. The minimum Gasteiger partial charge on any atom is -0.508 e. The fraction of sp³-hybridized carbons (Fsp3) is 0.353. The molecule has 1 amide bonds. The van der Waals surface area contributed by atoms with Gasteiger partial charge in [0.1, 0.15) is 29.7 Å². The van der Waals surface area contributed by atoms with Crippen LogP contribution in [0.3, 0.4) is 0 Å². The first kappa shape index (κ1) is 29.2. The first-order valence-electron chi connectivity index (χ1n) is 15.1. The number of nitrogens with zero attached hydrogens (tertiary/aromatic N) is 3. The van der Waals surface area contributed by atoms with E-state index < -0.39 is 6.04 Å². The van der Waals surface area contributed by atoms with Gasteiger partial charge in [-0.2, -0.15) is 5.53 Å². The van der Waals surface area contributed by atoms with Crippen molar-refractivity contribution in [1.82, 2.24) is 14.9 Å². The molecule has 1 fully saturated rings. The third kappa shape index (κ3) is 5.59. The maximum absolute atomic E-state index is 13.8. The average molecular weight is 595 g/mol. The molecule has 1 aliphatic heterocycles. The lowest BCUT2D eigenvalue weighted by Crippen LogP contribution is -2.46. The van der Waals surface area contributed by atoms with Gasteiger partial charge in [0.2, 0.25) is 0 Å². The third-order valence-electron chi connectivity index (χ3n) is 8.91. The summed E-state index contributed by atoms with van der Waals surface area (Å²) < 4.78 is 14.0. The van der Waals surface area contributed by atoms with E-state index in [0.29, 0.717) is 31.1 Å². The molecule has 1 aromatic heterocycles. The second-order valence-corrected chi connectivity index (χ2v) is 11.6. The molecular weight excluding hydrogens is 556 g/mol. The number of nitrogens with one attached hydrogen (secondary N) is 3. The number of amidine groups is 1. The van der Waals surface area contributed by atoms with Gasteiger partial charge >= 0.3 is 0 Å². The van der Waals surface area contributed by atoms with Crippen LogP contribution in [-0.2, 0) is 13.0 Å². The minimum atomic E-state index is -0.737. The number of carbonyl (C=O) groups is 1. The van der Waals surface area contributed by atoms with Crippen molar-refractivity contribution < 1.29 is 19.4 Å². The number of phenolic OH excluding ortho intramolecular Hbond substituents is 1. The van der Waals surface area contributed by atoms with Crippen LogP contribution >= 0.6 is 0 Å². The van der Waals surface area contributed by atoms with Gasteiger partial charge in [0, 0.05) is 35.1 Å². The van der Waals surface area contributed by atoms with Crippen LogP contribution in [0, 0.1) is 10.9 Å². The lowest BCUT2D eigenvalue weighted by Gasteiger charge is -2.24. The standard InChI is InChI=1S/C34H38N6O4/c1-39(38-36)33(35)28(18-21-8-11-24(41)12-9-21)37-34(42)23-10-14-26-29(19-23)40-16-17-44-30-20-25(43-2)13-15-27(30)32(40)31(26)22-6-4-3-5-7-22/h8-15,19-20,22,28,35-36,41H,3-7,16-18H2,1-2H3,(H,37,42)/t28-/m0/s1. The Morgan fingerprint density at radius 1 is 1.14 bits per heavy atom. The molecule has 2 heterocycles. The van der Waals surface area contributed by atoms with Gasteiger partial charge in [-0.1, -0.05) is 42.7 Å². The number of ether oxygens (including phenoxy) is 2. The third-order valence-corrected chi connectivity index (χ3v) is 8.91. The number of methoxy groups -OCH3 is 1. The molecule has 4 aromatic rings. The molecule has 10 heteroatoms. The number of fused-ring (bicyclic) bond motifs is 5. The van der Waals surface area contributed by atoms with Crippen LogP contribution in [-0.4, -0.2) is 53.2 Å². The first-order valence-corrected chi connectivity index (χ1v) is 15.1. The van der Waals surface area contributed by atoms with Crippen molar-refractivity contribution >= 4 is 22.6 Å². The Morgan fingerprint density at radius 3 is 2.64 bits per heavy atom. The van der Waals surface area contributed by atoms with Crippen LogP contribution in [0.2, 0.25) is 0 Å². The number of rotatable bonds is 8. The summed E-state index contributed by atoms with van der Waals surface area (Å²) in [6.07, 6.45) is 6.24. The number of phenols is 1. The molecule has 4 N–H and O–H groups in total. The topological polar surface area (TPSA) is 136 Å². The van der Waals surface area contributed by atoms with E-state index in [4.69, 9.17) is 20.4 Å². The summed E-state index contributed by atoms with van der Waals surface area (Å²) in [5, 5.41) is 27.0. The van der Waals surface area contributed by atoms with E-state index in [9.17, 15) is 9.90 Å². The summed E-state index contributed by atoms with van der Waals surface area (Å²) in [6, 6.07) is 17.8. The lowest BCUT2D eigenvalue weighted by molar-refractivity contribution is 0.0945. The molecule has 1 saturated carbocycles. The highest BCUT2D eigenvalue weighted by atomic mass is 16.5. The first-order chi connectivity index (χ1) is 21.4. The Morgan fingerprint density at radius 2 is 1.91 bits per heavy atom. The van der Waals surface area contributed by atoms with E-state index in [-0.39, 0.29) is 17.5 Å². The van der Waals surface area contributed by atoms with Crippen molar-refractivity contribution in [2.75, 3.05) is 20.8 Å². The molecule has 0 radical (unpaired) electrons. The maximum atomic E-state index is 13.8. The van der Waals surface area contributed by atoms with Gasteiger partial charge in [-0.3, -0.25) is 10.2 Å². The van der Waals surface area contributed by atoms with Gasteiger partial charge in [-0.15, -0.1) is 0 Å². The number of aromatic nitrogens is 1. The van der Waals surface area contributed by atoms with Crippen LogP contribution < -0.4 is 14.8 Å². The highest BCUT2D eigenvalue weighted by Gasteiger charge is 2.30. The molecule has 228 valence electrons. The molecule has 44 heavy (non-hydrogen) atoms. The van der Waals surface area contributed by atoms with Crippen molar-refractivity contribution in [1.29, 1.82) is 10.9 Å². The summed E-state index contributed by atoms with van der Waals surface area (Å²) in [7, 11) is 3.17. The highest BCUT2D eigenvalue weighted by Crippen LogP contribution is 2.47. The van der Waals surface area contributed by atoms with Crippen LogP contribution in [0.1, 0.15) is 59.5 Å². The van der Waals surface area contributed by atoms with Gasteiger partial charge < -0.3 is 24.5 Å². The second-order valence-electron chi connectivity index (χ2n) is 11.6. The molecular formula is C34H38N6O4. The Labute approximate surface area is 256 Å². The number of hydrogen-bond acceptors (Lipinski definition) is 7. The van der Waals surface area contributed by atoms with Crippen LogP contribution in [0.5, 0.6) is 17.2 Å². The van der Waals surface area contributed by atoms with Gasteiger partial charge in [0.25, 0.3) is 5.91 Å². The largest absolute Gasteiger partial charge is 0.508 e. The van der Waals surface area contributed by atoms with Gasteiger partial charge in [-0.05, 0) is 72.7 Å². The number of benzene rings is 3. The van der Waals surface area contributed by atoms with Crippen LogP contribution in [0.15, 0.2) is 65.9 Å². The molecule has 0 bridgehead atoms. The second kappa shape index (κ2) is 12.4. The minimum absolute atomic E-state index is 0.0113. The molecule has 0 saturated heterocycles. The normalized spacial score (nSPS) is 15.3. The number of carbonyl (C=O) groups excluding carboxylic acids is 1. The fourth-order valence-electron chi connectivity index (χ4n) is 6.64. The van der Waals surface area contributed by atoms with Crippen molar-refractivity contribution in [3.8, 4) is 28.5 Å². The Hall–Kier alpha value is -4.86. The summed E-state index contributed by atoms with van der Waals surface area (Å²) >= 11 is 0. The van der Waals surface area contributed by atoms with Gasteiger partial charge in [0.15, 0.2) is 0 Å². The predicted molar refractivity (Wildman–Crippen MR) is 169 cm³/mol. The van der Waals surface area contributed by atoms with Crippen molar-refractivity contribution in [2.24, 2.45) is 5.22 Å². The van der Waals surface area contributed by atoms with Gasteiger partial charge in [0.05, 0.1) is 25.4 Å². The van der Waals surface area contributed by atoms with Crippen LogP contribution in [0.4, 0.5) is 0 Å². The van der Waals surface area contributed by atoms with E-state index >= 15 is 0 Å². The van der Waals surface area contributed by atoms with E-state index in [1.54, 1.807) is 31.4 Å². The molecule has 1 aliphatic carbocycles. The number of likely N-dealkylation sites (N-methyl/N-ethyl adjacent to an activating group) is 1.